The van der Waals surface area contributed by atoms with Crippen LogP contribution in [0.25, 0.3) is 0 Å². The Labute approximate surface area is 95.6 Å². The molecule has 0 spiro atoms. The Kier molecular flexibility index (Phi) is 3.14. The number of rotatable bonds is 1. The highest BCUT2D eigenvalue weighted by Gasteiger charge is 2.35. The molecule has 3 atom stereocenters. The molecule has 5 nitrogen and oxygen atoms in total. The van der Waals surface area contributed by atoms with Gasteiger partial charge in [-0.05, 0) is 19.3 Å². The maximum Gasteiger partial charge on any atom is 0.241 e. The van der Waals surface area contributed by atoms with Gasteiger partial charge < -0.3 is 10.2 Å². The Morgan fingerprint density at radius 3 is 2.69 bits per heavy atom. The van der Waals surface area contributed by atoms with Crippen LogP contribution in [0.4, 0.5) is 0 Å². The van der Waals surface area contributed by atoms with E-state index >= 15 is 0 Å². The minimum atomic E-state index is -0.245. The van der Waals surface area contributed by atoms with E-state index in [1.54, 1.807) is 0 Å². The van der Waals surface area contributed by atoms with Crippen LogP contribution < -0.4 is 10.6 Å². The maximum atomic E-state index is 12.2. The van der Waals surface area contributed by atoms with Crippen molar-refractivity contribution in [3.63, 3.8) is 0 Å². The largest absolute Gasteiger partial charge is 0.353 e. The molecule has 0 bridgehead atoms. The molecular formula is C11H19N3O2. The number of hydrogen-bond acceptors (Lipinski definition) is 3. The SMILES string of the molecule is CC1CC(C)N(C(=O)C2CNC(=O)CN2)C1. The second kappa shape index (κ2) is 4.41. The van der Waals surface area contributed by atoms with Crippen LogP contribution in [-0.2, 0) is 9.59 Å². The third-order valence-electron chi connectivity index (χ3n) is 3.38. The number of hydrogen-bond donors (Lipinski definition) is 2. The maximum absolute atomic E-state index is 12.2. The van der Waals surface area contributed by atoms with Crippen molar-refractivity contribution in [2.75, 3.05) is 19.6 Å². The first kappa shape index (κ1) is 11.4. The second-order valence-electron chi connectivity index (χ2n) is 4.92. The molecule has 2 heterocycles. The number of likely N-dealkylation sites (tertiary alicyclic amines) is 1. The van der Waals surface area contributed by atoms with Crippen molar-refractivity contribution in [1.82, 2.24) is 15.5 Å². The fraction of sp³-hybridized carbons (Fsp3) is 0.818. The van der Waals surface area contributed by atoms with Crippen molar-refractivity contribution < 1.29 is 9.59 Å². The van der Waals surface area contributed by atoms with Crippen molar-refractivity contribution >= 4 is 11.8 Å². The summed E-state index contributed by atoms with van der Waals surface area (Å²) in [4.78, 5) is 25.1. The summed E-state index contributed by atoms with van der Waals surface area (Å²) < 4.78 is 0. The first-order valence-corrected chi connectivity index (χ1v) is 5.88. The van der Waals surface area contributed by atoms with Gasteiger partial charge in [-0.25, -0.2) is 0 Å². The molecule has 0 radical (unpaired) electrons. The van der Waals surface area contributed by atoms with Crippen LogP contribution in [0.5, 0.6) is 0 Å². The summed E-state index contributed by atoms with van der Waals surface area (Å²) in [5.74, 6) is 0.667. The van der Waals surface area contributed by atoms with E-state index in [0.29, 0.717) is 18.5 Å². The zero-order valence-electron chi connectivity index (χ0n) is 9.82. The lowest BCUT2D eigenvalue weighted by molar-refractivity contribution is -0.135. The molecule has 0 aromatic rings. The average Bonchev–Trinajstić information content (AvgIpc) is 2.58. The molecule has 2 aliphatic rings. The van der Waals surface area contributed by atoms with Crippen LogP contribution in [0.2, 0.25) is 0 Å². The van der Waals surface area contributed by atoms with Crippen LogP contribution in [-0.4, -0.2) is 48.4 Å². The van der Waals surface area contributed by atoms with Gasteiger partial charge in [-0.3, -0.25) is 14.9 Å². The van der Waals surface area contributed by atoms with Crippen LogP contribution in [0.15, 0.2) is 0 Å². The fourth-order valence-corrected chi connectivity index (χ4v) is 2.55. The molecule has 0 saturated carbocycles. The topological polar surface area (TPSA) is 61.4 Å². The van der Waals surface area contributed by atoms with E-state index in [2.05, 4.69) is 24.5 Å². The molecule has 2 aliphatic heterocycles. The third-order valence-corrected chi connectivity index (χ3v) is 3.38. The smallest absolute Gasteiger partial charge is 0.241 e. The predicted octanol–water partition coefficient (Wildman–Crippen LogP) is -0.669. The van der Waals surface area contributed by atoms with Gasteiger partial charge in [-0.15, -0.1) is 0 Å². The quantitative estimate of drug-likeness (QED) is 0.622. The molecule has 0 aromatic heterocycles. The standard InChI is InChI=1S/C11H19N3O2/c1-7-3-8(2)14(6-7)11(16)9-4-13-10(15)5-12-9/h7-9,12H,3-6H2,1-2H3,(H,13,15). The van der Waals surface area contributed by atoms with Crippen LogP contribution in [0, 0.1) is 5.92 Å². The lowest BCUT2D eigenvalue weighted by atomic mass is 10.1. The Hall–Kier alpha value is -1.10. The molecule has 2 N–H and O–H groups in total. The van der Waals surface area contributed by atoms with Crippen molar-refractivity contribution in [3.05, 3.63) is 0 Å². The molecule has 0 aromatic carbocycles. The molecule has 90 valence electrons. The Morgan fingerprint density at radius 1 is 1.44 bits per heavy atom. The molecule has 2 fully saturated rings. The molecule has 0 aliphatic carbocycles. The Balaban J connectivity index is 1.94. The Bertz CT molecular complexity index is 296. The molecular weight excluding hydrogens is 206 g/mol. The van der Waals surface area contributed by atoms with E-state index in [4.69, 9.17) is 0 Å². The van der Waals surface area contributed by atoms with Crippen LogP contribution in [0.1, 0.15) is 20.3 Å². The number of amides is 2. The van der Waals surface area contributed by atoms with Gasteiger partial charge >= 0.3 is 0 Å². The number of piperazine rings is 1. The summed E-state index contributed by atoms with van der Waals surface area (Å²) in [6, 6.07) is 0.0763. The average molecular weight is 225 g/mol. The Morgan fingerprint density at radius 2 is 2.19 bits per heavy atom. The van der Waals surface area contributed by atoms with E-state index in [0.717, 1.165) is 13.0 Å². The monoisotopic (exact) mass is 225 g/mol. The van der Waals surface area contributed by atoms with Gasteiger partial charge in [0, 0.05) is 19.1 Å². The van der Waals surface area contributed by atoms with Gasteiger partial charge in [0.05, 0.1) is 6.54 Å². The van der Waals surface area contributed by atoms with Crippen molar-refractivity contribution in [3.8, 4) is 0 Å². The van der Waals surface area contributed by atoms with Gasteiger partial charge in [0.1, 0.15) is 6.04 Å². The lowest BCUT2D eigenvalue weighted by Gasteiger charge is -2.29. The highest BCUT2D eigenvalue weighted by molar-refractivity contribution is 5.87. The summed E-state index contributed by atoms with van der Waals surface area (Å²) in [5.41, 5.74) is 0. The third kappa shape index (κ3) is 2.19. The van der Waals surface area contributed by atoms with Gasteiger partial charge in [0.2, 0.25) is 11.8 Å². The van der Waals surface area contributed by atoms with Gasteiger partial charge in [0.25, 0.3) is 0 Å². The van der Waals surface area contributed by atoms with E-state index < -0.39 is 0 Å². The van der Waals surface area contributed by atoms with E-state index in [1.807, 2.05) is 4.90 Å². The zero-order chi connectivity index (χ0) is 11.7. The number of carbonyl (C=O) groups is 2. The molecule has 2 amide bonds. The minimum absolute atomic E-state index is 0.0353. The number of nitrogens with one attached hydrogen (secondary N) is 2. The highest BCUT2D eigenvalue weighted by Crippen LogP contribution is 2.22. The summed E-state index contributed by atoms with van der Waals surface area (Å²) in [7, 11) is 0. The number of carbonyl (C=O) groups excluding carboxylic acids is 2. The minimum Gasteiger partial charge on any atom is -0.353 e. The first-order valence-electron chi connectivity index (χ1n) is 5.88. The first-order chi connectivity index (χ1) is 7.58. The van der Waals surface area contributed by atoms with Crippen molar-refractivity contribution in [1.29, 1.82) is 0 Å². The predicted molar refractivity (Wildman–Crippen MR) is 59.8 cm³/mol. The lowest BCUT2D eigenvalue weighted by Crippen LogP contribution is -2.59. The second-order valence-corrected chi connectivity index (χ2v) is 4.92. The summed E-state index contributed by atoms with van der Waals surface area (Å²) >= 11 is 0. The van der Waals surface area contributed by atoms with Gasteiger partial charge in [-0.2, -0.15) is 0 Å². The van der Waals surface area contributed by atoms with Crippen LogP contribution in [0.3, 0.4) is 0 Å². The fourth-order valence-electron chi connectivity index (χ4n) is 2.55. The van der Waals surface area contributed by atoms with Crippen molar-refractivity contribution in [2.45, 2.75) is 32.4 Å². The molecule has 5 heteroatoms. The molecule has 2 rings (SSSR count). The highest BCUT2D eigenvalue weighted by atomic mass is 16.2. The van der Waals surface area contributed by atoms with E-state index in [-0.39, 0.29) is 24.4 Å². The van der Waals surface area contributed by atoms with E-state index in [9.17, 15) is 9.59 Å². The van der Waals surface area contributed by atoms with Gasteiger partial charge in [-0.1, -0.05) is 6.92 Å². The summed E-state index contributed by atoms with van der Waals surface area (Å²) in [5, 5.41) is 5.69. The van der Waals surface area contributed by atoms with Crippen molar-refractivity contribution in [2.24, 2.45) is 5.92 Å². The molecule has 16 heavy (non-hydrogen) atoms. The van der Waals surface area contributed by atoms with Gasteiger partial charge in [0.15, 0.2) is 0 Å². The summed E-state index contributed by atoms with van der Waals surface area (Å²) in [6.07, 6.45) is 1.07. The van der Waals surface area contributed by atoms with E-state index in [1.165, 1.54) is 0 Å². The normalized spacial score (nSPS) is 35.0. The number of nitrogens with zero attached hydrogens (tertiary/aromatic N) is 1. The van der Waals surface area contributed by atoms with Crippen LogP contribution >= 0.6 is 0 Å². The zero-order valence-corrected chi connectivity index (χ0v) is 9.82. The molecule has 2 saturated heterocycles. The molecule has 3 unspecified atom stereocenters. The summed E-state index contributed by atoms with van der Waals surface area (Å²) in [6.45, 7) is 5.75.